The van der Waals surface area contributed by atoms with E-state index in [1.807, 2.05) is 0 Å². The van der Waals surface area contributed by atoms with Crippen molar-refractivity contribution in [2.24, 2.45) is 23.1 Å². The highest BCUT2D eigenvalue weighted by Crippen LogP contribution is 2.53. The second kappa shape index (κ2) is 4.42. The van der Waals surface area contributed by atoms with Gasteiger partial charge in [-0.05, 0) is 36.5 Å². The third-order valence-electron chi connectivity index (χ3n) is 4.89. The predicted molar refractivity (Wildman–Crippen MR) is 64.2 cm³/mol. The molecule has 2 nitrogen and oxygen atoms in total. The maximum Gasteiger partial charge on any atom is 0.0295 e. The van der Waals surface area contributed by atoms with Crippen LogP contribution in [0.15, 0.2) is 0 Å². The molecule has 0 amide bonds. The van der Waals surface area contributed by atoms with Crippen molar-refractivity contribution < 1.29 is 0 Å². The Labute approximate surface area is 94.0 Å². The van der Waals surface area contributed by atoms with E-state index in [2.05, 4.69) is 19.3 Å². The van der Waals surface area contributed by atoms with Gasteiger partial charge in [0.2, 0.25) is 0 Å². The van der Waals surface area contributed by atoms with E-state index >= 15 is 0 Å². The van der Waals surface area contributed by atoms with Gasteiger partial charge in [-0.2, -0.15) is 0 Å². The number of nitrogens with one attached hydrogen (secondary N) is 1. The molecule has 0 aromatic rings. The molecule has 0 saturated heterocycles. The molecule has 2 saturated carbocycles. The van der Waals surface area contributed by atoms with E-state index in [9.17, 15) is 0 Å². The molecule has 2 fully saturated rings. The summed E-state index contributed by atoms with van der Waals surface area (Å²) in [5.74, 6) is 7.55. The first-order valence-corrected chi connectivity index (χ1v) is 6.67. The summed E-state index contributed by atoms with van der Waals surface area (Å²) in [6.07, 6.45) is 9.74. The average molecular weight is 210 g/mol. The molecule has 0 aromatic heterocycles. The van der Waals surface area contributed by atoms with Crippen molar-refractivity contribution in [2.45, 2.75) is 64.8 Å². The highest BCUT2D eigenvalue weighted by molar-refractivity contribution is 5.02. The average Bonchev–Trinajstić information content (AvgIpc) is 2.99. The van der Waals surface area contributed by atoms with Gasteiger partial charge in [0, 0.05) is 6.04 Å². The van der Waals surface area contributed by atoms with E-state index in [1.165, 1.54) is 44.9 Å². The zero-order valence-electron chi connectivity index (χ0n) is 10.3. The second-order valence-electron chi connectivity index (χ2n) is 5.92. The largest absolute Gasteiger partial charge is 0.271 e. The summed E-state index contributed by atoms with van der Waals surface area (Å²) >= 11 is 0. The number of nitrogens with two attached hydrogens (primary N) is 1. The second-order valence-corrected chi connectivity index (χ2v) is 5.92. The van der Waals surface area contributed by atoms with Gasteiger partial charge in [0.1, 0.15) is 0 Å². The number of hydrazine groups is 1. The minimum atomic E-state index is 0.518. The molecule has 2 heteroatoms. The van der Waals surface area contributed by atoms with Crippen LogP contribution in [0.4, 0.5) is 0 Å². The zero-order valence-corrected chi connectivity index (χ0v) is 10.3. The van der Waals surface area contributed by atoms with E-state index in [1.54, 1.807) is 0 Å². The van der Waals surface area contributed by atoms with Crippen molar-refractivity contribution in [3.05, 3.63) is 0 Å². The van der Waals surface area contributed by atoms with Gasteiger partial charge in [-0.3, -0.25) is 11.3 Å². The Bertz CT molecular complexity index is 211. The lowest BCUT2D eigenvalue weighted by molar-refractivity contribution is 0.134. The van der Waals surface area contributed by atoms with Crippen LogP contribution >= 0.6 is 0 Å². The summed E-state index contributed by atoms with van der Waals surface area (Å²) < 4.78 is 0. The number of hydrogen-bond donors (Lipinski definition) is 2. The van der Waals surface area contributed by atoms with E-state index in [0.29, 0.717) is 11.5 Å². The van der Waals surface area contributed by atoms with Crippen LogP contribution < -0.4 is 11.3 Å². The van der Waals surface area contributed by atoms with Crippen LogP contribution in [-0.2, 0) is 0 Å². The van der Waals surface area contributed by atoms with Crippen molar-refractivity contribution in [3.8, 4) is 0 Å². The lowest BCUT2D eigenvalue weighted by Crippen LogP contribution is -2.49. The molecule has 0 aliphatic heterocycles. The van der Waals surface area contributed by atoms with E-state index in [0.717, 1.165) is 11.8 Å². The summed E-state index contributed by atoms with van der Waals surface area (Å²) in [6.45, 7) is 4.74. The molecule has 3 N–H and O–H groups in total. The molecular formula is C13H26N2. The Morgan fingerprint density at radius 3 is 2.53 bits per heavy atom. The Hall–Kier alpha value is -0.0800. The van der Waals surface area contributed by atoms with Crippen molar-refractivity contribution in [1.29, 1.82) is 0 Å². The number of rotatable bonds is 4. The normalized spacial score (nSPS) is 36.2. The van der Waals surface area contributed by atoms with Crippen molar-refractivity contribution in [3.63, 3.8) is 0 Å². The van der Waals surface area contributed by atoms with Crippen LogP contribution in [0.2, 0.25) is 0 Å². The smallest absolute Gasteiger partial charge is 0.0295 e. The Morgan fingerprint density at radius 2 is 2.00 bits per heavy atom. The third-order valence-corrected chi connectivity index (χ3v) is 4.89. The molecule has 2 aliphatic rings. The van der Waals surface area contributed by atoms with Crippen LogP contribution in [-0.4, -0.2) is 6.04 Å². The van der Waals surface area contributed by atoms with Crippen LogP contribution in [0.3, 0.4) is 0 Å². The van der Waals surface area contributed by atoms with Gasteiger partial charge in [-0.15, -0.1) is 0 Å². The molecule has 0 aromatic carbocycles. The monoisotopic (exact) mass is 210 g/mol. The molecule has 88 valence electrons. The molecule has 0 radical (unpaired) electrons. The van der Waals surface area contributed by atoms with Gasteiger partial charge < -0.3 is 0 Å². The summed E-state index contributed by atoms with van der Waals surface area (Å²) in [5, 5.41) is 0. The van der Waals surface area contributed by atoms with Crippen molar-refractivity contribution in [2.75, 3.05) is 0 Å². The van der Waals surface area contributed by atoms with Crippen LogP contribution in [0, 0.1) is 17.3 Å². The Morgan fingerprint density at radius 1 is 1.33 bits per heavy atom. The molecule has 2 aliphatic carbocycles. The zero-order chi connectivity index (χ0) is 10.9. The van der Waals surface area contributed by atoms with Crippen molar-refractivity contribution >= 4 is 0 Å². The maximum atomic E-state index is 5.80. The predicted octanol–water partition coefficient (Wildman–Crippen LogP) is 2.83. The topological polar surface area (TPSA) is 38.0 Å². The minimum Gasteiger partial charge on any atom is -0.271 e. The molecule has 0 spiro atoms. The van der Waals surface area contributed by atoms with Gasteiger partial charge >= 0.3 is 0 Å². The molecule has 0 bridgehead atoms. The highest BCUT2D eigenvalue weighted by atomic mass is 15.2. The molecule has 3 atom stereocenters. The summed E-state index contributed by atoms with van der Waals surface area (Å²) in [5.41, 5.74) is 3.66. The maximum absolute atomic E-state index is 5.80. The van der Waals surface area contributed by atoms with Crippen LogP contribution in [0.5, 0.6) is 0 Å². The fourth-order valence-corrected chi connectivity index (χ4v) is 3.53. The van der Waals surface area contributed by atoms with Gasteiger partial charge in [0.15, 0.2) is 0 Å². The SMILES string of the molecule is CCC1CCCCC1C(NN)C1(C)CC1. The molecular weight excluding hydrogens is 184 g/mol. The van der Waals surface area contributed by atoms with Gasteiger partial charge in [-0.1, -0.05) is 39.5 Å². The number of hydrogen-bond acceptors (Lipinski definition) is 2. The molecule has 0 heterocycles. The lowest BCUT2D eigenvalue weighted by atomic mass is 9.70. The van der Waals surface area contributed by atoms with Gasteiger partial charge in [0.25, 0.3) is 0 Å². The first kappa shape index (κ1) is 11.4. The standard InChI is InChI=1S/C13H26N2/c1-3-10-6-4-5-7-11(10)12(15-14)13(2)8-9-13/h10-12,15H,3-9,14H2,1-2H3. The van der Waals surface area contributed by atoms with Crippen molar-refractivity contribution in [1.82, 2.24) is 5.43 Å². The first-order valence-electron chi connectivity index (χ1n) is 6.67. The molecule has 2 rings (SSSR count). The van der Waals surface area contributed by atoms with E-state index < -0.39 is 0 Å². The summed E-state index contributed by atoms with van der Waals surface area (Å²) in [7, 11) is 0. The van der Waals surface area contributed by atoms with Gasteiger partial charge in [0.05, 0.1) is 0 Å². The Balaban J connectivity index is 2.04. The lowest BCUT2D eigenvalue weighted by Gasteiger charge is -2.39. The fraction of sp³-hybridized carbons (Fsp3) is 1.00. The first-order chi connectivity index (χ1) is 7.21. The summed E-state index contributed by atoms with van der Waals surface area (Å²) in [6, 6.07) is 0.572. The van der Waals surface area contributed by atoms with Crippen LogP contribution in [0.1, 0.15) is 58.8 Å². The van der Waals surface area contributed by atoms with E-state index in [4.69, 9.17) is 5.84 Å². The summed E-state index contributed by atoms with van der Waals surface area (Å²) in [4.78, 5) is 0. The Kier molecular flexibility index (Phi) is 3.36. The molecule has 15 heavy (non-hydrogen) atoms. The van der Waals surface area contributed by atoms with Crippen LogP contribution in [0.25, 0.3) is 0 Å². The fourth-order valence-electron chi connectivity index (χ4n) is 3.53. The van der Waals surface area contributed by atoms with E-state index in [-0.39, 0.29) is 0 Å². The third kappa shape index (κ3) is 2.21. The quantitative estimate of drug-likeness (QED) is 0.553. The highest BCUT2D eigenvalue weighted by Gasteiger charge is 2.49. The minimum absolute atomic E-state index is 0.518. The van der Waals surface area contributed by atoms with Gasteiger partial charge in [-0.25, -0.2) is 0 Å². The molecule has 3 unspecified atom stereocenters.